The smallest absolute Gasteiger partial charge is 0.254 e. The van der Waals surface area contributed by atoms with E-state index in [2.05, 4.69) is 16.9 Å². The zero-order valence-electron chi connectivity index (χ0n) is 16.0. The van der Waals surface area contributed by atoms with Crippen LogP contribution in [0.1, 0.15) is 42.5 Å². The number of nitrogens with one attached hydrogen (secondary N) is 1. The van der Waals surface area contributed by atoms with Gasteiger partial charge in [-0.15, -0.1) is 0 Å². The summed E-state index contributed by atoms with van der Waals surface area (Å²) in [5.74, 6) is 1.64. The van der Waals surface area contributed by atoms with Crippen molar-refractivity contribution in [2.45, 2.75) is 50.3 Å². The molecule has 1 aromatic heterocycles. The van der Waals surface area contributed by atoms with Crippen LogP contribution in [0.5, 0.6) is 5.88 Å². The Morgan fingerprint density at radius 1 is 1.46 bits per heavy atom. The summed E-state index contributed by atoms with van der Waals surface area (Å²) in [6.07, 6.45) is 8.29. The van der Waals surface area contributed by atoms with Crippen LogP contribution >= 0.6 is 11.8 Å². The van der Waals surface area contributed by atoms with Gasteiger partial charge in [-0.3, -0.25) is 14.5 Å². The van der Waals surface area contributed by atoms with Crippen molar-refractivity contribution in [1.82, 2.24) is 15.2 Å². The Kier molecular flexibility index (Phi) is 4.99. The minimum atomic E-state index is -0.532. The van der Waals surface area contributed by atoms with E-state index in [1.807, 2.05) is 11.2 Å². The van der Waals surface area contributed by atoms with Crippen LogP contribution < -0.4 is 15.8 Å². The van der Waals surface area contributed by atoms with E-state index >= 15 is 0 Å². The van der Waals surface area contributed by atoms with Crippen LogP contribution in [0.25, 0.3) is 0 Å². The average Bonchev–Trinajstić information content (AvgIpc) is 2.88. The normalized spacial score (nSPS) is 31.3. The van der Waals surface area contributed by atoms with Gasteiger partial charge in [0.2, 0.25) is 5.88 Å². The lowest BCUT2D eigenvalue weighted by atomic mass is 9.52. The average molecular weight is 403 g/mol. The van der Waals surface area contributed by atoms with Gasteiger partial charge in [0.05, 0.1) is 0 Å². The first-order chi connectivity index (χ1) is 13.4. The first kappa shape index (κ1) is 19.1. The molecule has 2 aliphatic carbocycles. The molecule has 1 saturated heterocycles. The van der Waals surface area contributed by atoms with Gasteiger partial charge in [-0.25, -0.2) is 4.98 Å². The van der Waals surface area contributed by atoms with Gasteiger partial charge in [-0.05, 0) is 61.7 Å². The first-order valence-electron chi connectivity index (χ1n) is 9.61. The lowest BCUT2D eigenvalue weighted by Gasteiger charge is -2.58. The molecular formula is C20H26N4O3S. The van der Waals surface area contributed by atoms with Crippen LogP contribution in [-0.4, -0.2) is 51.9 Å². The van der Waals surface area contributed by atoms with Gasteiger partial charge in [0.25, 0.3) is 11.8 Å². The molecule has 3 fully saturated rings. The van der Waals surface area contributed by atoms with Gasteiger partial charge in [-0.1, -0.05) is 6.58 Å². The molecule has 150 valence electrons. The molecule has 2 heterocycles. The predicted molar refractivity (Wildman–Crippen MR) is 108 cm³/mol. The number of hydrogen-bond donors (Lipinski definition) is 2. The number of thioether (sulfide) groups is 1. The summed E-state index contributed by atoms with van der Waals surface area (Å²) in [6.45, 7) is 4.05. The van der Waals surface area contributed by atoms with Gasteiger partial charge >= 0.3 is 0 Å². The summed E-state index contributed by atoms with van der Waals surface area (Å²) >= 11 is 1.75. The molecule has 3 N–H and O–H groups in total. The maximum Gasteiger partial charge on any atom is 0.254 e. The summed E-state index contributed by atoms with van der Waals surface area (Å²) in [6, 6.07) is 3.39. The highest BCUT2D eigenvalue weighted by molar-refractivity contribution is 7.98. The second kappa shape index (κ2) is 7.31. The molecule has 4 rings (SSSR count). The van der Waals surface area contributed by atoms with E-state index in [-0.39, 0.29) is 29.5 Å². The second-order valence-electron chi connectivity index (χ2n) is 8.06. The number of nitrogens with two attached hydrogens (primary N) is 1. The molecule has 2 amide bonds. The maximum absolute atomic E-state index is 12.7. The van der Waals surface area contributed by atoms with Crippen LogP contribution in [-0.2, 0) is 4.79 Å². The highest BCUT2D eigenvalue weighted by Gasteiger charge is 2.57. The topological polar surface area (TPSA) is 97.6 Å². The number of primary amides is 1. The number of nitrogens with zero attached hydrogens (tertiary/aromatic N) is 2. The van der Waals surface area contributed by atoms with Gasteiger partial charge in [-0.2, -0.15) is 11.8 Å². The van der Waals surface area contributed by atoms with Gasteiger partial charge in [0, 0.05) is 12.2 Å². The number of carbonyl (C=O) groups is 2. The van der Waals surface area contributed by atoms with Gasteiger partial charge < -0.3 is 15.8 Å². The van der Waals surface area contributed by atoms with E-state index in [0.29, 0.717) is 11.4 Å². The van der Waals surface area contributed by atoms with Crippen LogP contribution in [0.15, 0.2) is 30.7 Å². The lowest BCUT2D eigenvalue weighted by Crippen LogP contribution is -2.59. The Bertz CT molecular complexity index is 800. The quantitative estimate of drug-likeness (QED) is 0.723. The van der Waals surface area contributed by atoms with E-state index < -0.39 is 5.91 Å². The third-order valence-corrected chi connectivity index (χ3v) is 6.76. The molecule has 0 bridgehead atoms. The van der Waals surface area contributed by atoms with Crippen LogP contribution in [0.3, 0.4) is 0 Å². The molecule has 7 nitrogen and oxygen atoms in total. The Labute approximate surface area is 169 Å². The van der Waals surface area contributed by atoms with E-state index in [1.165, 1.54) is 0 Å². The van der Waals surface area contributed by atoms with Crippen molar-refractivity contribution in [2.75, 3.05) is 12.0 Å². The number of pyridine rings is 1. The minimum absolute atomic E-state index is 0.0406. The fourth-order valence-corrected chi connectivity index (χ4v) is 5.21. The lowest BCUT2D eigenvalue weighted by molar-refractivity contribution is -0.142. The minimum Gasteiger partial charge on any atom is -0.474 e. The van der Waals surface area contributed by atoms with Crippen molar-refractivity contribution in [2.24, 2.45) is 11.1 Å². The zero-order chi connectivity index (χ0) is 19.9. The van der Waals surface area contributed by atoms with Crippen molar-refractivity contribution >= 4 is 23.6 Å². The molecular weight excluding hydrogens is 376 g/mol. The third kappa shape index (κ3) is 3.34. The monoisotopic (exact) mass is 402 g/mol. The first-order valence-corrected chi connectivity index (χ1v) is 11.0. The molecule has 2 saturated carbocycles. The molecule has 1 aliphatic heterocycles. The Morgan fingerprint density at radius 3 is 2.89 bits per heavy atom. The molecule has 28 heavy (non-hydrogen) atoms. The summed E-state index contributed by atoms with van der Waals surface area (Å²) in [5, 5.41) is 3.25. The number of carbonyl (C=O) groups excluding carboxylic acids is 2. The Morgan fingerprint density at radius 2 is 2.21 bits per heavy atom. The largest absolute Gasteiger partial charge is 0.474 e. The Hall–Kier alpha value is -2.22. The maximum atomic E-state index is 12.7. The van der Waals surface area contributed by atoms with E-state index in [4.69, 9.17) is 10.5 Å². The van der Waals surface area contributed by atoms with Crippen LogP contribution in [0.4, 0.5) is 0 Å². The number of ether oxygens (including phenoxy) is 1. The van der Waals surface area contributed by atoms with Crippen molar-refractivity contribution in [1.29, 1.82) is 0 Å². The number of hydrogen-bond acceptors (Lipinski definition) is 6. The zero-order valence-corrected chi connectivity index (χ0v) is 16.8. The number of aromatic nitrogens is 1. The SMILES string of the molecule is C=C1N[C@@H](CCSC)C(=O)N1C1CC2(CC(Oc3ncccc3C(N)=O)C2)C1. The van der Waals surface area contributed by atoms with Crippen molar-refractivity contribution in [3.63, 3.8) is 0 Å². The molecule has 1 spiro atoms. The third-order valence-electron chi connectivity index (χ3n) is 6.12. The van der Waals surface area contributed by atoms with Gasteiger partial charge in [0.1, 0.15) is 23.5 Å². The predicted octanol–water partition coefficient (Wildman–Crippen LogP) is 1.90. The molecule has 0 aromatic carbocycles. The van der Waals surface area contributed by atoms with Crippen LogP contribution in [0.2, 0.25) is 0 Å². The molecule has 1 aromatic rings. The standard InChI is InChI=1S/C20H26N4O3S/c1-12-23-16(5-7-28-2)19(26)24(12)13-8-20(9-13)10-14(11-20)27-18-15(17(21)25)4-3-6-22-18/h3-4,6,13-14,16,23H,1,5,7-11H2,2H3,(H2,21,25)/t13?,14?,16-,20?/m0/s1. The molecule has 0 radical (unpaired) electrons. The summed E-state index contributed by atoms with van der Waals surface area (Å²) in [7, 11) is 0. The highest BCUT2D eigenvalue weighted by atomic mass is 32.2. The molecule has 0 unspecified atom stereocenters. The molecule has 3 aliphatic rings. The van der Waals surface area contributed by atoms with Crippen molar-refractivity contribution in [3.05, 3.63) is 36.3 Å². The van der Waals surface area contributed by atoms with Crippen molar-refractivity contribution in [3.8, 4) is 5.88 Å². The van der Waals surface area contributed by atoms with Crippen molar-refractivity contribution < 1.29 is 14.3 Å². The molecule has 1 atom stereocenters. The number of rotatable bonds is 7. The molecule has 8 heteroatoms. The summed E-state index contributed by atoms with van der Waals surface area (Å²) in [5.41, 5.74) is 5.93. The number of amides is 2. The van der Waals surface area contributed by atoms with E-state index in [1.54, 1.807) is 30.1 Å². The summed E-state index contributed by atoms with van der Waals surface area (Å²) < 4.78 is 5.91. The fourth-order valence-electron chi connectivity index (χ4n) is 4.74. The Balaban J connectivity index is 1.29. The second-order valence-corrected chi connectivity index (χ2v) is 9.05. The summed E-state index contributed by atoms with van der Waals surface area (Å²) in [4.78, 5) is 30.2. The van der Waals surface area contributed by atoms with E-state index in [0.717, 1.165) is 43.7 Å². The van der Waals surface area contributed by atoms with E-state index in [9.17, 15) is 9.59 Å². The van der Waals surface area contributed by atoms with Gasteiger partial charge in [0.15, 0.2) is 0 Å². The highest BCUT2D eigenvalue weighted by Crippen LogP contribution is 2.58. The fraction of sp³-hybridized carbons (Fsp3) is 0.550. The van der Waals surface area contributed by atoms with Crippen LogP contribution in [0, 0.1) is 5.41 Å².